The summed E-state index contributed by atoms with van der Waals surface area (Å²) in [5, 5.41) is 21.3. The Kier molecular flexibility index (Phi) is 2.85. The van der Waals surface area contributed by atoms with Gasteiger partial charge < -0.3 is 11.1 Å². The second-order valence-electron chi connectivity index (χ2n) is 4.66. The van der Waals surface area contributed by atoms with Crippen LogP contribution in [-0.2, 0) is 0 Å². The van der Waals surface area contributed by atoms with E-state index >= 15 is 0 Å². The van der Waals surface area contributed by atoms with Crippen molar-refractivity contribution in [3.63, 3.8) is 0 Å². The largest absolute Gasteiger partial charge is 0.369 e. The van der Waals surface area contributed by atoms with E-state index in [1.807, 2.05) is 0 Å². The first-order valence-corrected chi connectivity index (χ1v) is 5.78. The molecule has 0 aromatic heterocycles. The highest BCUT2D eigenvalue weighted by atomic mass is 15.1. The second-order valence-corrected chi connectivity index (χ2v) is 4.66. The Morgan fingerprint density at radius 1 is 1.31 bits per heavy atom. The first-order valence-electron chi connectivity index (χ1n) is 5.78. The fourth-order valence-corrected chi connectivity index (χ4v) is 2.65. The summed E-state index contributed by atoms with van der Waals surface area (Å²) in [6.45, 7) is 0. The molecule has 4 heteroatoms. The van der Waals surface area contributed by atoms with Crippen molar-refractivity contribution in [2.45, 2.75) is 44.2 Å². The average Bonchev–Trinajstić information content (AvgIpc) is 2.85. The van der Waals surface area contributed by atoms with Gasteiger partial charge in [0, 0.05) is 11.3 Å². The van der Waals surface area contributed by atoms with Crippen LogP contribution in [0, 0.1) is 28.6 Å². The van der Waals surface area contributed by atoms with Gasteiger partial charge in [0.25, 0.3) is 0 Å². The first-order chi connectivity index (χ1) is 7.69. The van der Waals surface area contributed by atoms with Gasteiger partial charge in [-0.1, -0.05) is 0 Å². The van der Waals surface area contributed by atoms with Crippen LogP contribution in [0.4, 0.5) is 0 Å². The van der Waals surface area contributed by atoms with Gasteiger partial charge in [-0.25, -0.2) is 0 Å². The van der Waals surface area contributed by atoms with Crippen molar-refractivity contribution in [1.82, 2.24) is 5.32 Å². The molecule has 84 valence electrons. The van der Waals surface area contributed by atoms with Gasteiger partial charge in [-0.15, -0.1) is 0 Å². The summed E-state index contributed by atoms with van der Waals surface area (Å²) in [5.41, 5.74) is 7.40. The zero-order valence-corrected chi connectivity index (χ0v) is 9.29. The minimum atomic E-state index is -0.615. The second kappa shape index (κ2) is 4.15. The van der Waals surface area contributed by atoms with E-state index in [1.54, 1.807) is 0 Å². The standard InChI is InChI=1S/C12H16N4/c13-7-9-3-1-5-11(9)16-12(15)6-2-4-10(12)8-14/h10,16H,1-6,15H2. The Bertz CT molecular complexity index is 398. The minimum Gasteiger partial charge on any atom is -0.369 e. The SMILES string of the molecule is N#CC1=C(NC2(N)CCCC2C#N)CCC1. The van der Waals surface area contributed by atoms with Crippen molar-refractivity contribution >= 4 is 0 Å². The van der Waals surface area contributed by atoms with E-state index in [0.29, 0.717) is 0 Å². The Morgan fingerprint density at radius 3 is 2.81 bits per heavy atom. The van der Waals surface area contributed by atoms with Crippen LogP contribution >= 0.6 is 0 Å². The lowest BCUT2D eigenvalue weighted by atomic mass is 9.98. The summed E-state index contributed by atoms with van der Waals surface area (Å²) in [4.78, 5) is 0. The maximum absolute atomic E-state index is 9.05. The number of nitrogens with zero attached hydrogens (tertiary/aromatic N) is 2. The van der Waals surface area contributed by atoms with Crippen molar-refractivity contribution in [1.29, 1.82) is 10.5 Å². The third-order valence-electron chi connectivity index (χ3n) is 3.60. The molecular formula is C12H16N4. The molecule has 0 saturated heterocycles. The summed E-state index contributed by atoms with van der Waals surface area (Å²) in [5.74, 6) is -0.138. The van der Waals surface area contributed by atoms with Crippen molar-refractivity contribution < 1.29 is 0 Å². The van der Waals surface area contributed by atoms with E-state index in [2.05, 4.69) is 17.5 Å². The maximum Gasteiger partial charge on any atom is 0.102 e. The van der Waals surface area contributed by atoms with E-state index in [4.69, 9.17) is 16.3 Å². The Balaban J connectivity index is 2.16. The fraction of sp³-hybridized carbons (Fsp3) is 0.667. The monoisotopic (exact) mass is 216 g/mol. The molecule has 2 rings (SSSR count). The molecule has 0 amide bonds. The summed E-state index contributed by atoms with van der Waals surface area (Å²) in [7, 11) is 0. The molecule has 2 aliphatic rings. The normalized spacial score (nSPS) is 33.6. The maximum atomic E-state index is 9.05. The predicted octanol–water partition coefficient (Wildman–Crippen LogP) is 1.52. The molecule has 0 aromatic carbocycles. The van der Waals surface area contributed by atoms with Gasteiger partial charge in [-0.05, 0) is 38.5 Å². The van der Waals surface area contributed by atoms with Crippen molar-refractivity contribution in [3.05, 3.63) is 11.3 Å². The van der Waals surface area contributed by atoms with Gasteiger partial charge in [-0.3, -0.25) is 0 Å². The van der Waals surface area contributed by atoms with Gasteiger partial charge >= 0.3 is 0 Å². The molecule has 0 heterocycles. The summed E-state index contributed by atoms with van der Waals surface area (Å²) >= 11 is 0. The van der Waals surface area contributed by atoms with Gasteiger partial charge in [0.15, 0.2) is 0 Å². The first kappa shape index (κ1) is 11.0. The van der Waals surface area contributed by atoms with E-state index in [-0.39, 0.29) is 5.92 Å². The number of nitrogens with two attached hydrogens (primary N) is 1. The number of allylic oxidation sites excluding steroid dienone is 2. The number of hydrogen-bond acceptors (Lipinski definition) is 4. The third-order valence-corrected chi connectivity index (χ3v) is 3.60. The van der Waals surface area contributed by atoms with Crippen molar-refractivity contribution in [3.8, 4) is 12.1 Å². The lowest BCUT2D eigenvalue weighted by Gasteiger charge is -2.30. The topological polar surface area (TPSA) is 85.6 Å². The van der Waals surface area contributed by atoms with E-state index in [0.717, 1.165) is 49.8 Å². The van der Waals surface area contributed by atoms with Gasteiger partial charge in [0.05, 0.1) is 18.1 Å². The molecule has 2 atom stereocenters. The molecule has 0 aliphatic heterocycles. The highest BCUT2D eigenvalue weighted by molar-refractivity contribution is 5.32. The highest BCUT2D eigenvalue weighted by Gasteiger charge is 2.40. The Hall–Kier alpha value is -1.52. The van der Waals surface area contributed by atoms with Crippen LogP contribution in [0.3, 0.4) is 0 Å². The number of rotatable bonds is 2. The zero-order chi connectivity index (χ0) is 11.6. The van der Waals surface area contributed by atoms with Crippen LogP contribution in [0.15, 0.2) is 11.3 Å². The summed E-state index contributed by atoms with van der Waals surface area (Å²) in [6, 6.07) is 4.48. The molecule has 1 fully saturated rings. The van der Waals surface area contributed by atoms with Gasteiger partial charge in [0.1, 0.15) is 5.66 Å². The smallest absolute Gasteiger partial charge is 0.102 e. The summed E-state index contributed by atoms with van der Waals surface area (Å²) in [6.07, 6.45) is 5.39. The lowest BCUT2D eigenvalue weighted by Crippen LogP contribution is -2.55. The van der Waals surface area contributed by atoms with Crippen LogP contribution < -0.4 is 11.1 Å². The van der Waals surface area contributed by atoms with Crippen LogP contribution in [0.2, 0.25) is 0 Å². The Morgan fingerprint density at radius 2 is 2.12 bits per heavy atom. The van der Waals surface area contributed by atoms with Crippen LogP contribution in [0.1, 0.15) is 38.5 Å². The minimum absolute atomic E-state index is 0.138. The molecular weight excluding hydrogens is 200 g/mol. The molecule has 1 saturated carbocycles. The van der Waals surface area contributed by atoms with E-state index in [9.17, 15) is 0 Å². The lowest BCUT2D eigenvalue weighted by molar-refractivity contribution is 0.319. The average molecular weight is 216 g/mol. The molecule has 0 bridgehead atoms. The van der Waals surface area contributed by atoms with Crippen LogP contribution in [-0.4, -0.2) is 5.66 Å². The van der Waals surface area contributed by atoms with Crippen molar-refractivity contribution in [2.24, 2.45) is 11.7 Å². The molecule has 4 nitrogen and oxygen atoms in total. The number of hydrogen-bond donors (Lipinski definition) is 2. The Labute approximate surface area is 95.7 Å². The summed E-state index contributed by atoms with van der Waals surface area (Å²) < 4.78 is 0. The van der Waals surface area contributed by atoms with Crippen molar-refractivity contribution in [2.75, 3.05) is 0 Å². The molecule has 16 heavy (non-hydrogen) atoms. The zero-order valence-electron chi connectivity index (χ0n) is 9.29. The molecule has 3 N–H and O–H groups in total. The number of nitrogens with one attached hydrogen (secondary N) is 1. The fourth-order valence-electron chi connectivity index (χ4n) is 2.65. The van der Waals surface area contributed by atoms with E-state index in [1.165, 1.54) is 0 Å². The van der Waals surface area contributed by atoms with Crippen LogP contribution in [0.5, 0.6) is 0 Å². The van der Waals surface area contributed by atoms with Crippen LogP contribution in [0.25, 0.3) is 0 Å². The third kappa shape index (κ3) is 1.77. The van der Waals surface area contributed by atoms with E-state index < -0.39 is 5.66 Å². The molecule has 2 unspecified atom stereocenters. The predicted molar refractivity (Wildman–Crippen MR) is 59.5 cm³/mol. The van der Waals surface area contributed by atoms with Gasteiger partial charge in [0.2, 0.25) is 0 Å². The van der Waals surface area contributed by atoms with Gasteiger partial charge in [-0.2, -0.15) is 10.5 Å². The molecule has 0 radical (unpaired) electrons. The highest BCUT2D eigenvalue weighted by Crippen LogP contribution is 2.34. The molecule has 0 spiro atoms. The molecule has 2 aliphatic carbocycles. The molecule has 0 aromatic rings. The quantitative estimate of drug-likeness (QED) is 0.685. The number of nitriles is 2.